The predicted molar refractivity (Wildman–Crippen MR) is 150 cm³/mol. The summed E-state index contributed by atoms with van der Waals surface area (Å²) >= 11 is 0. The Hall–Kier alpha value is -3.93. The molecule has 172 valence electrons. The highest BCUT2D eigenvalue weighted by atomic mass is 31.2. The molecule has 0 saturated carbocycles. The van der Waals surface area contributed by atoms with Gasteiger partial charge in [0, 0.05) is 27.8 Å². The van der Waals surface area contributed by atoms with Gasteiger partial charge in [0.2, 0.25) is 0 Å². The van der Waals surface area contributed by atoms with Crippen molar-refractivity contribution in [1.82, 2.24) is 0 Å². The standard InChI is InChI=1S/C34H25OP/c35-36(25-16-6-2-7-17-25,26-18-8-3-9-19-26)34-31(24-14-4-1-5-15-24)32-27-20-10-12-22-29(27)33(34)30-23-13-11-21-28(30)32/h1-23,32-33H. The van der Waals surface area contributed by atoms with Crippen molar-refractivity contribution in [3.63, 3.8) is 0 Å². The molecule has 3 aliphatic carbocycles. The fourth-order valence-electron chi connectivity index (χ4n) is 6.30. The van der Waals surface area contributed by atoms with E-state index >= 15 is 4.57 Å². The van der Waals surface area contributed by atoms with Crippen LogP contribution in [0.15, 0.2) is 145 Å². The van der Waals surface area contributed by atoms with E-state index in [0.717, 1.165) is 21.5 Å². The molecule has 0 saturated heterocycles. The summed E-state index contributed by atoms with van der Waals surface area (Å²) in [6.45, 7) is 0. The third-order valence-corrected chi connectivity index (χ3v) is 11.0. The van der Waals surface area contributed by atoms with Crippen LogP contribution in [-0.2, 0) is 4.57 Å². The van der Waals surface area contributed by atoms with E-state index in [0.29, 0.717) is 0 Å². The second kappa shape index (κ2) is 8.33. The number of rotatable bonds is 4. The minimum absolute atomic E-state index is 0.0422. The van der Waals surface area contributed by atoms with Crippen molar-refractivity contribution in [3.8, 4) is 0 Å². The normalized spacial score (nSPS) is 18.0. The lowest BCUT2D eigenvalue weighted by Crippen LogP contribution is -2.31. The molecule has 0 spiro atoms. The van der Waals surface area contributed by atoms with Crippen molar-refractivity contribution in [3.05, 3.63) is 173 Å². The minimum atomic E-state index is -3.19. The third kappa shape index (κ3) is 3.00. The molecule has 8 rings (SSSR count). The van der Waals surface area contributed by atoms with Gasteiger partial charge >= 0.3 is 0 Å². The average molecular weight is 481 g/mol. The van der Waals surface area contributed by atoms with Crippen LogP contribution >= 0.6 is 7.14 Å². The van der Waals surface area contributed by atoms with Gasteiger partial charge in [-0.05, 0) is 33.4 Å². The first-order valence-corrected chi connectivity index (χ1v) is 14.2. The van der Waals surface area contributed by atoms with Crippen LogP contribution in [0.25, 0.3) is 5.57 Å². The van der Waals surface area contributed by atoms with Crippen molar-refractivity contribution in [2.45, 2.75) is 11.8 Å². The first-order chi connectivity index (χ1) is 17.8. The Labute approximate surface area is 212 Å². The summed E-state index contributed by atoms with van der Waals surface area (Å²) in [6.07, 6.45) is 0. The maximum absolute atomic E-state index is 15.9. The Kier molecular flexibility index (Phi) is 4.94. The summed E-state index contributed by atoms with van der Waals surface area (Å²) in [5.74, 6) is -0.0237. The van der Waals surface area contributed by atoms with E-state index in [2.05, 4.69) is 78.9 Å². The molecule has 0 aliphatic heterocycles. The Morgan fingerprint density at radius 3 is 1.22 bits per heavy atom. The predicted octanol–water partition coefficient (Wildman–Crippen LogP) is 7.70. The molecule has 0 radical (unpaired) electrons. The van der Waals surface area contributed by atoms with Crippen molar-refractivity contribution in [1.29, 1.82) is 0 Å². The Balaban J connectivity index is 1.66. The van der Waals surface area contributed by atoms with Crippen LogP contribution in [-0.4, -0.2) is 0 Å². The number of hydrogen-bond donors (Lipinski definition) is 0. The smallest absolute Gasteiger partial charge is 0.168 e. The van der Waals surface area contributed by atoms with Gasteiger partial charge in [-0.1, -0.05) is 140 Å². The van der Waals surface area contributed by atoms with Gasteiger partial charge in [-0.3, -0.25) is 0 Å². The van der Waals surface area contributed by atoms with Crippen LogP contribution < -0.4 is 10.6 Å². The van der Waals surface area contributed by atoms with E-state index in [4.69, 9.17) is 0 Å². The highest BCUT2D eigenvalue weighted by Gasteiger charge is 2.49. The molecule has 0 unspecified atom stereocenters. The van der Waals surface area contributed by atoms with Crippen LogP contribution in [0, 0.1) is 0 Å². The summed E-state index contributed by atoms with van der Waals surface area (Å²) < 4.78 is 15.9. The molecule has 5 aromatic rings. The van der Waals surface area contributed by atoms with E-state index in [1.54, 1.807) is 0 Å². The lowest BCUT2D eigenvalue weighted by atomic mass is 9.63. The van der Waals surface area contributed by atoms with E-state index in [1.165, 1.54) is 27.8 Å². The summed E-state index contributed by atoms with van der Waals surface area (Å²) in [4.78, 5) is 0. The quantitative estimate of drug-likeness (QED) is 0.241. The maximum atomic E-state index is 15.9. The maximum Gasteiger partial charge on any atom is 0.168 e. The van der Waals surface area contributed by atoms with Crippen molar-refractivity contribution < 1.29 is 4.57 Å². The third-order valence-electron chi connectivity index (χ3n) is 7.74. The van der Waals surface area contributed by atoms with Crippen LogP contribution in [0.5, 0.6) is 0 Å². The van der Waals surface area contributed by atoms with E-state index < -0.39 is 7.14 Å². The fraction of sp³-hybridized carbons (Fsp3) is 0.0588. The largest absolute Gasteiger partial charge is 0.309 e. The zero-order valence-corrected chi connectivity index (χ0v) is 20.7. The van der Waals surface area contributed by atoms with Gasteiger partial charge in [0.25, 0.3) is 0 Å². The highest BCUT2D eigenvalue weighted by Crippen LogP contribution is 2.69. The zero-order valence-electron chi connectivity index (χ0n) is 19.8. The molecule has 5 aromatic carbocycles. The highest BCUT2D eigenvalue weighted by molar-refractivity contribution is 7.82. The second-order valence-electron chi connectivity index (χ2n) is 9.57. The molecule has 1 nitrogen and oxygen atoms in total. The molecular formula is C34H25OP. The van der Waals surface area contributed by atoms with Crippen molar-refractivity contribution in [2.24, 2.45) is 0 Å². The van der Waals surface area contributed by atoms with E-state index in [9.17, 15) is 0 Å². The molecule has 3 aliphatic rings. The molecule has 0 N–H and O–H groups in total. The second-order valence-corrected chi connectivity index (χ2v) is 12.3. The van der Waals surface area contributed by atoms with Gasteiger partial charge in [-0.25, -0.2) is 0 Å². The van der Waals surface area contributed by atoms with E-state index in [1.807, 2.05) is 60.7 Å². The van der Waals surface area contributed by atoms with Gasteiger partial charge < -0.3 is 4.57 Å². The molecule has 0 atom stereocenters. The molecule has 0 fully saturated rings. The average Bonchev–Trinajstić information content (AvgIpc) is 2.97. The summed E-state index contributed by atoms with van der Waals surface area (Å²) in [5.41, 5.74) is 7.58. The van der Waals surface area contributed by atoms with Gasteiger partial charge in [-0.2, -0.15) is 0 Å². The Morgan fingerprint density at radius 2 is 0.778 bits per heavy atom. The molecular weight excluding hydrogens is 455 g/mol. The Morgan fingerprint density at radius 1 is 0.417 bits per heavy atom. The summed E-state index contributed by atoms with van der Waals surface area (Å²) in [5, 5.41) is 2.85. The minimum Gasteiger partial charge on any atom is -0.309 e. The van der Waals surface area contributed by atoms with Gasteiger partial charge in [-0.15, -0.1) is 0 Å². The lowest BCUT2D eigenvalue weighted by Gasteiger charge is -2.46. The summed E-state index contributed by atoms with van der Waals surface area (Å²) in [6, 6.07) is 48.4. The van der Waals surface area contributed by atoms with Crippen LogP contribution in [0.3, 0.4) is 0 Å². The SMILES string of the molecule is O=P(C1=C(c2ccccc2)C2c3ccccc3C1c1ccccc12)(c1ccccc1)c1ccccc1. The van der Waals surface area contributed by atoms with Crippen LogP contribution in [0.2, 0.25) is 0 Å². The number of benzene rings is 5. The Bertz CT molecular complexity index is 1560. The fourth-order valence-corrected chi connectivity index (χ4v) is 9.58. The van der Waals surface area contributed by atoms with Gasteiger partial charge in [0.15, 0.2) is 7.14 Å². The molecule has 0 heterocycles. The molecule has 2 bridgehead atoms. The van der Waals surface area contributed by atoms with Crippen LogP contribution in [0.4, 0.5) is 0 Å². The van der Waals surface area contributed by atoms with Crippen LogP contribution in [0.1, 0.15) is 39.7 Å². The summed E-state index contributed by atoms with van der Waals surface area (Å²) in [7, 11) is -3.19. The van der Waals surface area contributed by atoms with E-state index in [-0.39, 0.29) is 11.8 Å². The molecule has 36 heavy (non-hydrogen) atoms. The first kappa shape index (κ1) is 21.4. The van der Waals surface area contributed by atoms with Crippen molar-refractivity contribution in [2.75, 3.05) is 0 Å². The van der Waals surface area contributed by atoms with Crippen molar-refractivity contribution >= 4 is 23.3 Å². The van der Waals surface area contributed by atoms with Gasteiger partial charge in [0.05, 0.1) is 0 Å². The molecule has 0 aromatic heterocycles. The zero-order chi connectivity index (χ0) is 24.1. The topological polar surface area (TPSA) is 17.1 Å². The number of hydrogen-bond acceptors (Lipinski definition) is 1. The lowest BCUT2D eigenvalue weighted by molar-refractivity contribution is 0.588. The first-order valence-electron chi connectivity index (χ1n) is 12.5. The monoisotopic (exact) mass is 480 g/mol. The van der Waals surface area contributed by atoms with Gasteiger partial charge in [0.1, 0.15) is 0 Å². The number of allylic oxidation sites excluding steroid dienone is 2. The molecule has 0 amide bonds. The molecule has 2 heteroatoms.